The van der Waals surface area contributed by atoms with Gasteiger partial charge >= 0.3 is 5.97 Å². The van der Waals surface area contributed by atoms with E-state index in [-0.39, 0.29) is 18.5 Å². The van der Waals surface area contributed by atoms with Crippen LogP contribution in [0.2, 0.25) is 0 Å². The second kappa shape index (κ2) is 74.3. The third-order valence-corrected chi connectivity index (χ3v) is 18.9. The van der Waals surface area contributed by atoms with Gasteiger partial charge in [0.25, 0.3) is 0 Å². The van der Waals surface area contributed by atoms with Crippen molar-refractivity contribution in [1.82, 2.24) is 5.32 Å². The van der Waals surface area contributed by atoms with Gasteiger partial charge in [0.2, 0.25) is 5.91 Å². The fourth-order valence-corrected chi connectivity index (χ4v) is 12.9. The molecule has 84 heavy (non-hydrogen) atoms. The molecule has 0 bridgehead atoms. The highest BCUT2D eigenvalue weighted by Gasteiger charge is 2.20. The lowest BCUT2D eigenvalue weighted by atomic mass is 10.0. The quantitative estimate of drug-likeness (QED) is 0.0417. The number of aliphatic hydroxyl groups excluding tert-OH is 2. The number of unbranched alkanes of at least 4 members (excludes halogenated alkanes) is 64. The van der Waals surface area contributed by atoms with Crippen LogP contribution in [-0.4, -0.2) is 47.4 Å². The summed E-state index contributed by atoms with van der Waals surface area (Å²) in [6, 6.07) is -0.537. The maximum Gasteiger partial charge on any atom is 0.305 e. The Balaban J connectivity index is 3.30. The van der Waals surface area contributed by atoms with E-state index in [4.69, 9.17) is 4.74 Å². The van der Waals surface area contributed by atoms with Crippen molar-refractivity contribution in [3.8, 4) is 0 Å². The summed E-state index contributed by atoms with van der Waals surface area (Å²) in [7, 11) is 0. The highest BCUT2D eigenvalue weighted by Crippen LogP contribution is 2.21. The minimum atomic E-state index is -0.660. The highest BCUT2D eigenvalue weighted by atomic mass is 16.5. The Morgan fingerprint density at radius 3 is 0.726 bits per heavy atom. The van der Waals surface area contributed by atoms with Crippen LogP contribution in [0.1, 0.15) is 463 Å². The molecule has 0 aromatic heterocycles. The second-order valence-electron chi connectivity index (χ2n) is 27.4. The molecule has 0 aliphatic rings. The summed E-state index contributed by atoms with van der Waals surface area (Å²) in [5.74, 6) is 0.000751. The van der Waals surface area contributed by atoms with Crippen LogP contribution in [0.15, 0.2) is 0 Å². The Hall–Kier alpha value is -1.14. The normalized spacial score (nSPS) is 12.4. The molecule has 3 N–H and O–H groups in total. The largest absolute Gasteiger partial charge is 0.466 e. The topological polar surface area (TPSA) is 95.9 Å². The number of amides is 1. The molecular weight excluding hydrogens is 1030 g/mol. The van der Waals surface area contributed by atoms with Crippen LogP contribution >= 0.6 is 0 Å². The van der Waals surface area contributed by atoms with E-state index in [1.165, 1.54) is 392 Å². The number of rotatable bonds is 75. The fraction of sp³-hybridized carbons (Fsp3) is 0.974. The lowest BCUT2D eigenvalue weighted by Crippen LogP contribution is -2.45. The van der Waals surface area contributed by atoms with Gasteiger partial charge in [-0.1, -0.05) is 425 Å². The first-order valence-corrected chi connectivity index (χ1v) is 39.3. The molecular formula is C78H155NO5. The smallest absolute Gasteiger partial charge is 0.305 e. The van der Waals surface area contributed by atoms with Crippen LogP contribution in [0.3, 0.4) is 0 Å². The van der Waals surface area contributed by atoms with Crippen molar-refractivity contribution in [2.24, 2.45) is 0 Å². The molecule has 2 unspecified atom stereocenters. The average molecular weight is 1190 g/mol. The van der Waals surface area contributed by atoms with Crippen molar-refractivity contribution in [3.05, 3.63) is 0 Å². The fourth-order valence-electron chi connectivity index (χ4n) is 12.9. The van der Waals surface area contributed by atoms with Gasteiger partial charge in [-0.25, -0.2) is 0 Å². The van der Waals surface area contributed by atoms with Gasteiger partial charge in [0.1, 0.15) is 0 Å². The summed E-state index contributed by atoms with van der Waals surface area (Å²) < 4.78 is 5.49. The summed E-state index contributed by atoms with van der Waals surface area (Å²) in [4.78, 5) is 24.6. The highest BCUT2D eigenvalue weighted by molar-refractivity contribution is 5.76. The predicted molar refractivity (Wildman–Crippen MR) is 371 cm³/mol. The van der Waals surface area contributed by atoms with Crippen LogP contribution < -0.4 is 5.32 Å². The molecule has 0 aliphatic heterocycles. The van der Waals surface area contributed by atoms with Crippen LogP contribution in [0.25, 0.3) is 0 Å². The first-order chi connectivity index (χ1) is 41.5. The molecule has 0 aliphatic carbocycles. The average Bonchev–Trinajstić information content (AvgIpc) is 3.52. The molecule has 0 saturated carbocycles. The van der Waals surface area contributed by atoms with Gasteiger partial charge < -0.3 is 20.3 Å². The van der Waals surface area contributed by atoms with E-state index in [2.05, 4.69) is 19.2 Å². The molecule has 0 rings (SSSR count). The first-order valence-electron chi connectivity index (χ1n) is 39.3. The van der Waals surface area contributed by atoms with Gasteiger partial charge in [0.15, 0.2) is 0 Å². The Morgan fingerprint density at radius 1 is 0.286 bits per heavy atom. The molecule has 0 spiro atoms. The number of ether oxygens (including phenoxy) is 1. The van der Waals surface area contributed by atoms with Gasteiger partial charge in [-0.2, -0.15) is 0 Å². The van der Waals surface area contributed by atoms with Crippen molar-refractivity contribution in [1.29, 1.82) is 0 Å². The Kier molecular flexibility index (Phi) is 73.3. The molecule has 0 aromatic rings. The summed E-state index contributed by atoms with van der Waals surface area (Å²) in [6.45, 7) is 5.01. The zero-order valence-corrected chi connectivity index (χ0v) is 57.7. The van der Waals surface area contributed by atoms with E-state index in [0.717, 1.165) is 38.5 Å². The predicted octanol–water partition coefficient (Wildman–Crippen LogP) is 25.7. The van der Waals surface area contributed by atoms with E-state index in [9.17, 15) is 19.8 Å². The summed E-state index contributed by atoms with van der Waals surface area (Å²) in [5.41, 5.74) is 0. The van der Waals surface area contributed by atoms with Crippen molar-refractivity contribution >= 4 is 11.9 Å². The van der Waals surface area contributed by atoms with Gasteiger partial charge in [-0.3, -0.25) is 9.59 Å². The third kappa shape index (κ3) is 70.0. The molecule has 0 heterocycles. The minimum Gasteiger partial charge on any atom is -0.466 e. The lowest BCUT2D eigenvalue weighted by Gasteiger charge is -2.22. The number of carbonyl (C=O) groups is 2. The van der Waals surface area contributed by atoms with E-state index in [0.29, 0.717) is 25.9 Å². The van der Waals surface area contributed by atoms with Crippen LogP contribution in [-0.2, 0) is 14.3 Å². The summed E-state index contributed by atoms with van der Waals surface area (Å²) in [5, 5.41) is 23.4. The summed E-state index contributed by atoms with van der Waals surface area (Å²) in [6.07, 6.45) is 92.0. The molecule has 502 valence electrons. The maximum atomic E-state index is 12.6. The van der Waals surface area contributed by atoms with E-state index in [1.54, 1.807) is 0 Å². The number of nitrogens with one attached hydrogen (secondary N) is 1. The molecule has 0 saturated heterocycles. The zero-order chi connectivity index (χ0) is 60.6. The lowest BCUT2D eigenvalue weighted by molar-refractivity contribution is -0.143. The Labute approximate surface area is 527 Å². The van der Waals surface area contributed by atoms with E-state index in [1.807, 2.05) is 0 Å². The molecule has 0 fully saturated rings. The van der Waals surface area contributed by atoms with Gasteiger partial charge in [0.05, 0.1) is 25.4 Å². The van der Waals surface area contributed by atoms with Gasteiger partial charge in [-0.15, -0.1) is 0 Å². The van der Waals surface area contributed by atoms with Crippen molar-refractivity contribution < 1.29 is 24.5 Å². The van der Waals surface area contributed by atoms with Crippen LogP contribution in [0.4, 0.5) is 0 Å². The molecule has 0 aromatic carbocycles. The van der Waals surface area contributed by atoms with Crippen molar-refractivity contribution in [3.63, 3.8) is 0 Å². The maximum absolute atomic E-state index is 12.6. The van der Waals surface area contributed by atoms with E-state index >= 15 is 0 Å². The molecule has 6 nitrogen and oxygen atoms in total. The Morgan fingerprint density at radius 2 is 0.488 bits per heavy atom. The zero-order valence-electron chi connectivity index (χ0n) is 57.7. The SMILES string of the molecule is CCCCCCCCCCCCCCCCCCCCCCC(O)C(CO)NC(=O)CCCCCCCCCCCCCCCCCCCCCCCCCCCCCCCCCCCCCOC(=O)CCCCCCCCCCCCCC. The monoisotopic (exact) mass is 1190 g/mol. The molecule has 6 heteroatoms. The molecule has 0 radical (unpaired) electrons. The number of hydrogen-bond acceptors (Lipinski definition) is 5. The van der Waals surface area contributed by atoms with Crippen LogP contribution in [0.5, 0.6) is 0 Å². The van der Waals surface area contributed by atoms with Crippen molar-refractivity contribution in [2.45, 2.75) is 475 Å². The standard InChI is InChI=1S/C78H155NO5/c1-3-5-7-9-11-13-15-17-18-19-20-38-41-44-47-50-54-58-62-66-70-76(81)75(74-80)79-77(82)71-67-63-59-55-51-48-45-42-39-36-34-32-30-28-26-24-22-21-23-25-27-29-31-33-35-37-40-43-46-49-53-57-61-65-69-73-84-78(83)72-68-64-60-56-52-16-14-12-10-8-6-4-2/h75-76,80-81H,3-74H2,1-2H3,(H,79,82). The number of aliphatic hydroxyl groups is 2. The van der Waals surface area contributed by atoms with Crippen molar-refractivity contribution in [2.75, 3.05) is 13.2 Å². The van der Waals surface area contributed by atoms with Crippen LogP contribution in [0, 0.1) is 0 Å². The third-order valence-electron chi connectivity index (χ3n) is 18.9. The number of hydrogen-bond donors (Lipinski definition) is 3. The minimum absolute atomic E-state index is 0.0239. The van der Waals surface area contributed by atoms with Gasteiger partial charge in [0, 0.05) is 12.8 Å². The van der Waals surface area contributed by atoms with E-state index < -0.39 is 12.1 Å². The summed E-state index contributed by atoms with van der Waals surface area (Å²) >= 11 is 0. The Bertz CT molecular complexity index is 1230. The number of esters is 1. The first kappa shape index (κ1) is 82.9. The number of carbonyl (C=O) groups excluding carboxylic acids is 2. The van der Waals surface area contributed by atoms with Gasteiger partial charge in [-0.05, 0) is 25.7 Å². The molecule has 2 atom stereocenters. The second-order valence-corrected chi connectivity index (χ2v) is 27.4. The molecule has 1 amide bonds.